The van der Waals surface area contributed by atoms with Crippen LogP contribution in [-0.4, -0.2) is 22.5 Å². The van der Waals surface area contributed by atoms with Crippen LogP contribution in [0.25, 0.3) is 0 Å². The minimum absolute atomic E-state index is 0.231. The molecule has 2 aromatic carbocycles. The lowest BCUT2D eigenvalue weighted by atomic mass is 9.62. The maximum atomic E-state index is 13.3. The zero-order valence-corrected chi connectivity index (χ0v) is 16.8. The van der Waals surface area contributed by atoms with E-state index in [4.69, 9.17) is 16.3 Å². The lowest BCUT2D eigenvalue weighted by Gasteiger charge is -2.54. The van der Waals surface area contributed by atoms with Gasteiger partial charge in [-0.2, -0.15) is 0 Å². The molecule has 0 saturated carbocycles. The van der Waals surface area contributed by atoms with Crippen LogP contribution in [0.3, 0.4) is 0 Å². The second kappa shape index (κ2) is 7.01. The van der Waals surface area contributed by atoms with E-state index in [-0.39, 0.29) is 5.91 Å². The first-order valence-corrected chi connectivity index (χ1v) is 9.46. The van der Waals surface area contributed by atoms with E-state index in [9.17, 15) is 9.59 Å². The molecule has 3 rings (SSSR count). The van der Waals surface area contributed by atoms with Gasteiger partial charge in [-0.15, -0.1) is 0 Å². The molecule has 0 aliphatic carbocycles. The van der Waals surface area contributed by atoms with Gasteiger partial charge in [-0.3, -0.25) is 4.79 Å². The van der Waals surface area contributed by atoms with Crippen LogP contribution < -0.4 is 0 Å². The van der Waals surface area contributed by atoms with Gasteiger partial charge in [0, 0.05) is 5.02 Å². The summed E-state index contributed by atoms with van der Waals surface area (Å²) in [4.78, 5) is 27.3. The molecule has 0 N–H and O–H groups in total. The zero-order valence-electron chi connectivity index (χ0n) is 16.0. The van der Waals surface area contributed by atoms with E-state index in [2.05, 4.69) is 0 Å². The molecule has 4 nitrogen and oxygen atoms in total. The summed E-state index contributed by atoms with van der Waals surface area (Å²) in [6, 6.07) is 16.5. The van der Waals surface area contributed by atoms with Gasteiger partial charge in [0.05, 0.1) is 11.5 Å². The number of β-lactam (4-membered cyclic amide) rings is 1. The van der Waals surface area contributed by atoms with Crippen LogP contribution in [-0.2, 0) is 14.9 Å². The average Bonchev–Trinajstić information content (AvgIpc) is 2.61. The molecular formula is C22H24ClNO3. The summed E-state index contributed by atoms with van der Waals surface area (Å²) in [5, 5.41) is 0.607. The van der Waals surface area contributed by atoms with Crippen LogP contribution in [0.2, 0.25) is 5.02 Å². The van der Waals surface area contributed by atoms with Gasteiger partial charge in [-0.1, -0.05) is 61.0 Å². The Hall–Kier alpha value is -2.33. The third-order valence-electron chi connectivity index (χ3n) is 4.95. The van der Waals surface area contributed by atoms with E-state index >= 15 is 0 Å². The van der Waals surface area contributed by atoms with Gasteiger partial charge in [0.2, 0.25) is 5.91 Å². The molecule has 0 aromatic heterocycles. The first-order valence-electron chi connectivity index (χ1n) is 9.08. The normalized spacial score (nSPS) is 22.3. The fourth-order valence-corrected chi connectivity index (χ4v) is 3.87. The summed E-state index contributed by atoms with van der Waals surface area (Å²) in [6.07, 6.45) is -0.0462. The van der Waals surface area contributed by atoms with Gasteiger partial charge in [0.1, 0.15) is 5.60 Å². The third kappa shape index (κ3) is 3.34. The molecule has 2 atom stereocenters. The van der Waals surface area contributed by atoms with Crippen LogP contribution in [0, 0.1) is 0 Å². The number of carbonyl (C=O) groups excluding carboxylic acids is 2. The Balaban J connectivity index is 2.09. The van der Waals surface area contributed by atoms with Gasteiger partial charge in [-0.25, -0.2) is 9.69 Å². The van der Waals surface area contributed by atoms with Crippen LogP contribution in [0.5, 0.6) is 0 Å². The van der Waals surface area contributed by atoms with Crippen molar-refractivity contribution in [3.63, 3.8) is 0 Å². The fraction of sp³-hybridized carbons (Fsp3) is 0.364. The maximum absolute atomic E-state index is 13.3. The number of ether oxygens (including phenoxy) is 1. The average molecular weight is 386 g/mol. The SMILES string of the molecule is CC[C@@]1(c2ccccc2)C(=O)N(C(=O)OC(C)(C)C)[C@H]1c1ccc(Cl)cc1. The first kappa shape index (κ1) is 19.4. The topological polar surface area (TPSA) is 46.6 Å². The molecular weight excluding hydrogens is 362 g/mol. The van der Waals surface area contributed by atoms with Crippen LogP contribution in [0.15, 0.2) is 54.6 Å². The number of nitrogens with zero attached hydrogens (tertiary/aromatic N) is 1. The minimum Gasteiger partial charge on any atom is -0.443 e. The number of halogens is 1. The van der Waals surface area contributed by atoms with Crippen molar-refractivity contribution in [2.45, 2.75) is 51.2 Å². The smallest absolute Gasteiger partial charge is 0.417 e. The maximum Gasteiger partial charge on any atom is 0.417 e. The number of imide groups is 1. The second-order valence-electron chi connectivity index (χ2n) is 7.80. The van der Waals surface area contributed by atoms with E-state index in [1.54, 1.807) is 32.9 Å². The molecule has 0 spiro atoms. The molecule has 27 heavy (non-hydrogen) atoms. The van der Waals surface area contributed by atoms with E-state index in [1.807, 2.05) is 49.4 Å². The summed E-state index contributed by atoms with van der Waals surface area (Å²) < 4.78 is 5.50. The molecule has 0 bridgehead atoms. The molecule has 1 aliphatic heterocycles. The number of amides is 2. The quantitative estimate of drug-likeness (QED) is 0.655. The fourth-order valence-electron chi connectivity index (χ4n) is 3.75. The highest BCUT2D eigenvalue weighted by Crippen LogP contribution is 2.54. The lowest BCUT2D eigenvalue weighted by Crippen LogP contribution is -2.68. The first-order chi connectivity index (χ1) is 12.7. The Morgan fingerprint density at radius 2 is 1.70 bits per heavy atom. The Morgan fingerprint density at radius 3 is 2.22 bits per heavy atom. The predicted molar refractivity (Wildman–Crippen MR) is 106 cm³/mol. The van der Waals surface area contributed by atoms with Crippen molar-refractivity contribution in [2.24, 2.45) is 0 Å². The Labute approximate surface area is 165 Å². The number of hydrogen-bond donors (Lipinski definition) is 0. The van der Waals surface area contributed by atoms with Crippen molar-refractivity contribution < 1.29 is 14.3 Å². The zero-order chi connectivity index (χ0) is 19.8. The van der Waals surface area contributed by atoms with Crippen molar-refractivity contribution in [1.29, 1.82) is 0 Å². The van der Waals surface area contributed by atoms with Gasteiger partial charge in [0.25, 0.3) is 0 Å². The molecule has 142 valence electrons. The monoisotopic (exact) mass is 385 g/mol. The van der Waals surface area contributed by atoms with Gasteiger partial charge in [-0.05, 0) is 50.5 Å². The highest BCUT2D eigenvalue weighted by Gasteiger charge is 2.64. The standard InChI is InChI=1S/C22H24ClNO3/c1-5-22(16-9-7-6-8-10-16)18(15-11-13-17(23)14-12-15)24(19(22)25)20(26)27-21(2,3)4/h6-14,18H,5H2,1-4H3/t18-,22-/m0/s1. The van der Waals surface area contributed by atoms with Crippen molar-refractivity contribution in [1.82, 2.24) is 4.90 Å². The van der Waals surface area contributed by atoms with Gasteiger partial charge < -0.3 is 4.74 Å². The minimum atomic E-state index is -0.800. The van der Waals surface area contributed by atoms with E-state index in [0.717, 1.165) is 11.1 Å². The highest BCUT2D eigenvalue weighted by atomic mass is 35.5. The Kier molecular flexibility index (Phi) is 5.04. The summed E-state index contributed by atoms with van der Waals surface area (Å²) in [5.41, 5.74) is 0.276. The Morgan fingerprint density at radius 1 is 1.11 bits per heavy atom. The molecule has 5 heteroatoms. The number of hydrogen-bond acceptors (Lipinski definition) is 3. The van der Waals surface area contributed by atoms with Crippen LogP contribution >= 0.6 is 11.6 Å². The summed E-state index contributed by atoms with van der Waals surface area (Å²) in [6.45, 7) is 7.34. The van der Waals surface area contributed by atoms with E-state index in [0.29, 0.717) is 11.4 Å². The van der Waals surface area contributed by atoms with Crippen molar-refractivity contribution in [3.05, 3.63) is 70.7 Å². The third-order valence-corrected chi connectivity index (χ3v) is 5.20. The number of carbonyl (C=O) groups is 2. The molecule has 0 radical (unpaired) electrons. The van der Waals surface area contributed by atoms with E-state index in [1.165, 1.54) is 4.90 Å². The molecule has 1 aliphatic rings. The van der Waals surface area contributed by atoms with Gasteiger partial charge >= 0.3 is 6.09 Å². The summed E-state index contributed by atoms with van der Waals surface area (Å²) in [5.74, 6) is -0.231. The van der Waals surface area contributed by atoms with Gasteiger partial charge in [0.15, 0.2) is 0 Å². The summed E-state index contributed by atoms with van der Waals surface area (Å²) in [7, 11) is 0. The number of likely N-dealkylation sites (tertiary alicyclic amines) is 1. The number of rotatable bonds is 3. The van der Waals surface area contributed by atoms with Crippen LogP contribution in [0.1, 0.15) is 51.3 Å². The number of benzene rings is 2. The van der Waals surface area contributed by atoms with Crippen LogP contribution in [0.4, 0.5) is 4.79 Å². The second-order valence-corrected chi connectivity index (χ2v) is 8.24. The Bertz CT molecular complexity index is 842. The predicted octanol–water partition coefficient (Wildman–Crippen LogP) is 5.51. The van der Waals surface area contributed by atoms with E-state index < -0.39 is 23.2 Å². The molecule has 1 saturated heterocycles. The highest BCUT2D eigenvalue weighted by molar-refractivity contribution is 6.30. The molecule has 2 aromatic rings. The largest absolute Gasteiger partial charge is 0.443 e. The lowest BCUT2D eigenvalue weighted by molar-refractivity contribution is -0.159. The molecule has 2 amide bonds. The molecule has 1 heterocycles. The van der Waals surface area contributed by atoms with Crippen molar-refractivity contribution in [3.8, 4) is 0 Å². The molecule has 1 fully saturated rings. The van der Waals surface area contributed by atoms with Crippen molar-refractivity contribution >= 4 is 23.6 Å². The molecule has 0 unspecified atom stereocenters. The summed E-state index contributed by atoms with van der Waals surface area (Å²) >= 11 is 6.04. The van der Waals surface area contributed by atoms with Crippen molar-refractivity contribution in [2.75, 3.05) is 0 Å².